The third-order valence-electron chi connectivity index (χ3n) is 5.21. The van der Waals surface area contributed by atoms with Gasteiger partial charge in [-0.3, -0.25) is 9.78 Å². The van der Waals surface area contributed by atoms with E-state index in [-0.39, 0.29) is 18.0 Å². The van der Waals surface area contributed by atoms with E-state index in [2.05, 4.69) is 15.6 Å². The van der Waals surface area contributed by atoms with Gasteiger partial charge in [-0.15, -0.1) is 0 Å². The highest BCUT2D eigenvalue weighted by molar-refractivity contribution is 7.80. The van der Waals surface area contributed by atoms with Gasteiger partial charge in [0.1, 0.15) is 23.3 Å². The summed E-state index contributed by atoms with van der Waals surface area (Å²) in [5, 5.41) is 6.81. The second-order valence-corrected chi connectivity index (χ2v) is 7.62. The smallest absolute Gasteiger partial charge is 0.224 e. The summed E-state index contributed by atoms with van der Waals surface area (Å²) in [6.45, 7) is 3.72. The molecule has 1 aliphatic heterocycles. The van der Waals surface area contributed by atoms with Gasteiger partial charge < -0.3 is 24.7 Å². The van der Waals surface area contributed by atoms with E-state index in [4.69, 9.17) is 21.4 Å². The van der Waals surface area contributed by atoms with Crippen LogP contribution in [0.1, 0.15) is 42.6 Å². The van der Waals surface area contributed by atoms with Crippen molar-refractivity contribution in [3.05, 3.63) is 71.9 Å². The maximum absolute atomic E-state index is 11.9. The normalized spacial score (nSPS) is 18.0. The molecule has 160 valence electrons. The highest BCUT2D eigenvalue weighted by atomic mass is 32.1. The van der Waals surface area contributed by atoms with Gasteiger partial charge in [0.2, 0.25) is 5.91 Å². The Kier molecular flexibility index (Phi) is 5.90. The number of thiocarbonyl (C=S) groups is 1. The maximum atomic E-state index is 11.9. The number of pyridine rings is 1. The van der Waals surface area contributed by atoms with Gasteiger partial charge in [0.25, 0.3) is 0 Å². The van der Waals surface area contributed by atoms with E-state index < -0.39 is 0 Å². The molecule has 31 heavy (non-hydrogen) atoms. The number of nitrogens with zero attached hydrogens (tertiary/aromatic N) is 2. The molecule has 2 unspecified atom stereocenters. The first-order chi connectivity index (χ1) is 15.0. The summed E-state index contributed by atoms with van der Waals surface area (Å²) in [5.41, 5.74) is 2.30. The van der Waals surface area contributed by atoms with Crippen molar-refractivity contribution in [1.29, 1.82) is 0 Å². The Balaban J connectivity index is 1.76. The quantitative estimate of drug-likeness (QED) is 0.550. The van der Waals surface area contributed by atoms with Gasteiger partial charge in [0.05, 0.1) is 24.5 Å². The SMILES string of the molecule is CCC(=O)Nc1ccc(N2C(=S)NC(c3ccccn3)C2c2ccc(C)o2)cc1OC. The second-order valence-electron chi connectivity index (χ2n) is 7.23. The molecule has 4 rings (SSSR count). The van der Waals surface area contributed by atoms with Crippen molar-refractivity contribution in [1.82, 2.24) is 10.3 Å². The molecule has 8 heteroatoms. The summed E-state index contributed by atoms with van der Waals surface area (Å²) >= 11 is 5.72. The number of hydrogen-bond donors (Lipinski definition) is 2. The Bertz CT molecular complexity index is 1100. The molecular weight excluding hydrogens is 412 g/mol. The lowest BCUT2D eigenvalue weighted by molar-refractivity contribution is -0.115. The number of benzene rings is 1. The lowest BCUT2D eigenvalue weighted by Crippen LogP contribution is -2.29. The zero-order valence-corrected chi connectivity index (χ0v) is 18.4. The minimum Gasteiger partial charge on any atom is -0.494 e. The molecule has 2 N–H and O–H groups in total. The monoisotopic (exact) mass is 436 g/mol. The molecule has 7 nitrogen and oxygen atoms in total. The zero-order chi connectivity index (χ0) is 22.0. The van der Waals surface area contributed by atoms with Crippen LogP contribution in [0.2, 0.25) is 0 Å². The van der Waals surface area contributed by atoms with Crippen molar-refractivity contribution < 1.29 is 13.9 Å². The van der Waals surface area contributed by atoms with Crippen LogP contribution in [0.5, 0.6) is 5.75 Å². The van der Waals surface area contributed by atoms with Crippen LogP contribution < -0.4 is 20.3 Å². The number of aromatic nitrogens is 1. The number of aryl methyl sites for hydroxylation is 1. The average Bonchev–Trinajstić information content (AvgIpc) is 3.37. The summed E-state index contributed by atoms with van der Waals surface area (Å²) < 4.78 is 11.6. The molecule has 0 radical (unpaired) electrons. The molecule has 3 aromatic rings. The average molecular weight is 437 g/mol. The maximum Gasteiger partial charge on any atom is 0.224 e. The number of hydrogen-bond acceptors (Lipinski definition) is 5. The van der Waals surface area contributed by atoms with E-state index in [1.807, 2.05) is 60.4 Å². The van der Waals surface area contributed by atoms with Crippen LogP contribution in [-0.4, -0.2) is 23.1 Å². The first-order valence-corrected chi connectivity index (χ1v) is 10.5. The van der Waals surface area contributed by atoms with Crippen molar-refractivity contribution in [3.63, 3.8) is 0 Å². The minimum absolute atomic E-state index is 0.0800. The van der Waals surface area contributed by atoms with Crippen LogP contribution in [0.15, 0.2) is 59.1 Å². The number of carbonyl (C=O) groups excluding carboxylic acids is 1. The minimum atomic E-state index is -0.239. The number of ether oxygens (including phenoxy) is 1. The van der Waals surface area contributed by atoms with Crippen LogP contribution in [0.25, 0.3) is 0 Å². The van der Waals surface area contributed by atoms with Crippen LogP contribution in [0, 0.1) is 6.92 Å². The summed E-state index contributed by atoms with van der Waals surface area (Å²) in [6, 6.07) is 14.9. The number of amides is 1. The zero-order valence-electron chi connectivity index (χ0n) is 17.6. The molecule has 0 saturated carbocycles. The lowest BCUT2D eigenvalue weighted by Gasteiger charge is -2.26. The number of nitrogens with one attached hydrogen (secondary N) is 2. The van der Waals surface area contributed by atoms with Gasteiger partial charge in [-0.2, -0.15) is 0 Å². The Morgan fingerprint density at radius 2 is 2.13 bits per heavy atom. The van der Waals surface area contributed by atoms with Crippen LogP contribution in [0.4, 0.5) is 11.4 Å². The molecule has 1 amide bonds. The van der Waals surface area contributed by atoms with Crippen molar-refractivity contribution in [2.24, 2.45) is 0 Å². The fourth-order valence-electron chi connectivity index (χ4n) is 3.71. The van der Waals surface area contributed by atoms with Crippen LogP contribution in [0.3, 0.4) is 0 Å². The number of anilines is 2. The summed E-state index contributed by atoms with van der Waals surface area (Å²) in [7, 11) is 1.57. The first kappa shape index (κ1) is 20.9. The third-order valence-corrected chi connectivity index (χ3v) is 5.52. The van der Waals surface area contributed by atoms with Gasteiger partial charge >= 0.3 is 0 Å². The molecule has 2 aromatic heterocycles. The van der Waals surface area contributed by atoms with Crippen molar-refractivity contribution >= 4 is 34.6 Å². The second kappa shape index (κ2) is 8.77. The van der Waals surface area contributed by atoms with E-state index in [1.54, 1.807) is 20.2 Å². The summed E-state index contributed by atoms with van der Waals surface area (Å²) in [5.74, 6) is 2.08. The molecular formula is C23H24N4O3S. The fourth-order valence-corrected chi connectivity index (χ4v) is 4.05. The van der Waals surface area contributed by atoms with Gasteiger partial charge in [0.15, 0.2) is 5.11 Å². The van der Waals surface area contributed by atoms with Crippen LogP contribution >= 0.6 is 12.2 Å². The van der Waals surface area contributed by atoms with Gasteiger partial charge in [0, 0.05) is 24.4 Å². The molecule has 1 fully saturated rings. The van der Waals surface area contributed by atoms with E-state index >= 15 is 0 Å². The van der Waals surface area contributed by atoms with Gasteiger partial charge in [-0.25, -0.2) is 0 Å². The van der Waals surface area contributed by atoms with Gasteiger partial charge in [-0.05, 0) is 55.5 Å². The Morgan fingerprint density at radius 3 is 2.77 bits per heavy atom. The van der Waals surface area contributed by atoms with Crippen LogP contribution in [-0.2, 0) is 4.79 Å². The third kappa shape index (κ3) is 4.11. The molecule has 3 heterocycles. The fraction of sp³-hybridized carbons (Fsp3) is 0.261. The molecule has 0 aliphatic carbocycles. The topological polar surface area (TPSA) is 79.6 Å². The molecule has 0 spiro atoms. The largest absolute Gasteiger partial charge is 0.494 e. The Labute approximate surface area is 186 Å². The van der Waals surface area contributed by atoms with E-state index in [1.165, 1.54) is 0 Å². The molecule has 1 saturated heterocycles. The molecule has 1 aromatic carbocycles. The van der Waals surface area contributed by atoms with E-state index in [0.717, 1.165) is 22.9 Å². The number of carbonyl (C=O) groups is 1. The predicted molar refractivity (Wildman–Crippen MR) is 123 cm³/mol. The Morgan fingerprint density at radius 1 is 1.29 bits per heavy atom. The van der Waals surface area contributed by atoms with Crippen molar-refractivity contribution in [2.75, 3.05) is 17.3 Å². The summed E-state index contributed by atoms with van der Waals surface area (Å²) in [6.07, 6.45) is 2.15. The first-order valence-electron chi connectivity index (χ1n) is 10.1. The molecule has 1 aliphatic rings. The number of rotatable bonds is 6. The lowest BCUT2D eigenvalue weighted by atomic mass is 10.0. The van der Waals surface area contributed by atoms with Crippen molar-refractivity contribution in [3.8, 4) is 5.75 Å². The predicted octanol–water partition coefficient (Wildman–Crippen LogP) is 4.52. The molecule has 0 bridgehead atoms. The number of furan rings is 1. The van der Waals surface area contributed by atoms with E-state index in [9.17, 15) is 4.79 Å². The summed E-state index contributed by atoms with van der Waals surface area (Å²) in [4.78, 5) is 18.4. The Hall–Kier alpha value is -3.39. The van der Waals surface area contributed by atoms with Crippen molar-refractivity contribution in [2.45, 2.75) is 32.4 Å². The van der Waals surface area contributed by atoms with Gasteiger partial charge in [-0.1, -0.05) is 13.0 Å². The standard InChI is InChI=1S/C23H24N4O3S/c1-4-20(28)25-16-10-9-15(13-19(16)29-3)27-22(18-11-8-14(2)30-18)21(26-23(27)31)17-7-5-6-12-24-17/h5-13,21-22H,4H2,1-3H3,(H,25,28)(H,26,31). The highest BCUT2D eigenvalue weighted by Crippen LogP contribution is 2.43. The molecule has 2 atom stereocenters. The van der Waals surface area contributed by atoms with E-state index in [0.29, 0.717) is 23.0 Å². The number of methoxy groups -OCH3 is 1. The highest BCUT2D eigenvalue weighted by Gasteiger charge is 2.42.